The minimum absolute atomic E-state index is 0. The maximum absolute atomic E-state index is 10.2. The first-order valence-electron chi connectivity index (χ1n) is 6.54. The molecule has 0 amide bonds. The van der Waals surface area contributed by atoms with Crippen LogP contribution >= 0.6 is 0 Å². The first-order chi connectivity index (χ1) is 7.66. The summed E-state index contributed by atoms with van der Waals surface area (Å²) in [4.78, 5) is 10.2. The van der Waals surface area contributed by atoms with Gasteiger partial charge in [-0.25, -0.2) is 0 Å². The molecule has 0 aliphatic heterocycles. The molecule has 1 N–H and O–H groups in total. The van der Waals surface area contributed by atoms with Crippen LogP contribution in [0.4, 0.5) is 0 Å². The van der Waals surface area contributed by atoms with Gasteiger partial charge >= 0.3 is 29.6 Å². The zero-order chi connectivity index (χ0) is 12.2. The molecule has 96 valence electrons. The first kappa shape index (κ1) is 19.8. The van der Waals surface area contributed by atoms with Gasteiger partial charge in [0, 0.05) is 5.97 Å². The summed E-state index contributed by atoms with van der Waals surface area (Å²) in [5.41, 5.74) is 0. The van der Waals surface area contributed by atoms with Gasteiger partial charge in [0.2, 0.25) is 0 Å². The normalized spacial score (nSPS) is 11.9. The molecule has 0 bridgehead atoms. The molecule has 0 saturated carbocycles. The summed E-state index contributed by atoms with van der Waals surface area (Å²) in [7, 11) is 0. The molecular weight excluding hydrogens is 227 g/mol. The minimum Gasteiger partial charge on any atom is -0.550 e. The third-order valence-corrected chi connectivity index (χ3v) is 2.82. The van der Waals surface area contributed by atoms with Crippen LogP contribution in [0.2, 0.25) is 0 Å². The summed E-state index contributed by atoms with van der Waals surface area (Å²) < 4.78 is 0. The van der Waals surface area contributed by atoms with Crippen molar-refractivity contribution >= 4 is 5.97 Å². The molecule has 3 nitrogen and oxygen atoms in total. The van der Waals surface area contributed by atoms with E-state index < -0.39 is 12.1 Å². The van der Waals surface area contributed by atoms with Crippen molar-refractivity contribution in [3.05, 3.63) is 0 Å². The van der Waals surface area contributed by atoms with E-state index in [2.05, 4.69) is 6.92 Å². The SMILES string of the molecule is CCCCCCCCCC(O)CCC(=O)[O-].[Na+]. The number of carbonyl (C=O) groups excluding carboxylic acids is 1. The molecule has 1 unspecified atom stereocenters. The Kier molecular flexibility index (Phi) is 16.8. The third kappa shape index (κ3) is 16.4. The van der Waals surface area contributed by atoms with Crippen LogP contribution < -0.4 is 34.7 Å². The average Bonchev–Trinajstić information content (AvgIpc) is 2.25. The van der Waals surface area contributed by atoms with Crippen molar-refractivity contribution in [2.24, 2.45) is 0 Å². The molecule has 4 heteroatoms. The zero-order valence-electron chi connectivity index (χ0n) is 11.4. The molecule has 0 aromatic rings. The molecule has 0 aliphatic rings. The van der Waals surface area contributed by atoms with Gasteiger partial charge in [0.15, 0.2) is 0 Å². The van der Waals surface area contributed by atoms with E-state index in [1.165, 1.54) is 32.1 Å². The largest absolute Gasteiger partial charge is 1.00 e. The van der Waals surface area contributed by atoms with E-state index in [4.69, 9.17) is 0 Å². The van der Waals surface area contributed by atoms with Crippen LogP contribution in [-0.2, 0) is 4.79 Å². The van der Waals surface area contributed by atoms with Gasteiger partial charge in [0.25, 0.3) is 0 Å². The van der Waals surface area contributed by atoms with Crippen LogP contribution in [0, 0.1) is 0 Å². The number of carboxylic acid groups (broad SMARTS) is 1. The molecule has 0 heterocycles. The van der Waals surface area contributed by atoms with Gasteiger partial charge in [0.1, 0.15) is 0 Å². The molecule has 0 fully saturated rings. The number of hydrogen-bond donors (Lipinski definition) is 1. The predicted molar refractivity (Wildman–Crippen MR) is 62.9 cm³/mol. The molecular formula is C13H25NaO3. The van der Waals surface area contributed by atoms with E-state index in [9.17, 15) is 15.0 Å². The Bertz CT molecular complexity index is 174. The molecule has 0 radical (unpaired) electrons. The Hall–Kier alpha value is 0.430. The predicted octanol–water partition coefficient (Wildman–Crippen LogP) is -0.978. The summed E-state index contributed by atoms with van der Waals surface area (Å²) in [5.74, 6) is -1.07. The van der Waals surface area contributed by atoms with Crippen molar-refractivity contribution < 1.29 is 44.6 Å². The van der Waals surface area contributed by atoms with Gasteiger partial charge in [-0.15, -0.1) is 0 Å². The molecule has 0 aliphatic carbocycles. The fourth-order valence-corrected chi connectivity index (χ4v) is 1.77. The molecule has 0 spiro atoms. The van der Waals surface area contributed by atoms with Crippen LogP contribution in [0.1, 0.15) is 71.1 Å². The number of aliphatic carboxylic acids is 1. The number of carbonyl (C=O) groups is 1. The van der Waals surface area contributed by atoms with Crippen LogP contribution in [-0.4, -0.2) is 17.2 Å². The van der Waals surface area contributed by atoms with Crippen LogP contribution in [0.5, 0.6) is 0 Å². The maximum Gasteiger partial charge on any atom is 1.00 e. The van der Waals surface area contributed by atoms with Gasteiger partial charge in [0.05, 0.1) is 6.10 Å². The number of carboxylic acids is 1. The molecule has 0 aromatic carbocycles. The fourth-order valence-electron chi connectivity index (χ4n) is 1.77. The average molecular weight is 252 g/mol. The Labute approximate surface area is 127 Å². The van der Waals surface area contributed by atoms with Crippen molar-refractivity contribution in [2.45, 2.75) is 77.2 Å². The monoisotopic (exact) mass is 252 g/mol. The van der Waals surface area contributed by atoms with Gasteiger partial charge in [-0.05, 0) is 19.3 Å². The number of rotatable bonds is 11. The van der Waals surface area contributed by atoms with Crippen molar-refractivity contribution in [1.29, 1.82) is 0 Å². The van der Waals surface area contributed by atoms with Crippen LogP contribution in [0.25, 0.3) is 0 Å². The van der Waals surface area contributed by atoms with Crippen molar-refractivity contribution in [1.82, 2.24) is 0 Å². The molecule has 17 heavy (non-hydrogen) atoms. The summed E-state index contributed by atoms with van der Waals surface area (Å²) in [6, 6.07) is 0. The summed E-state index contributed by atoms with van der Waals surface area (Å²) >= 11 is 0. The van der Waals surface area contributed by atoms with Gasteiger partial charge in [-0.3, -0.25) is 0 Å². The van der Waals surface area contributed by atoms with E-state index in [-0.39, 0.29) is 36.0 Å². The second-order valence-corrected chi connectivity index (χ2v) is 4.47. The van der Waals surface area contributed by atoms with Crippen LogP contribution in [0.15, 0.2) is 0 Å². The van der Waals surface area contributed by atoms with Crippen molar-refractivity contribution in [3.8, 4) is 0 Å². The Morgan fingerprint density at radius 3 is 2.12 bits per heavy atom. The quantitative estimate of drug-likeness (QED) is 0.380. The Morgan fingerprint density at radius 1 is 1.06 bits per heavy atom. The molecule has 0 saturated heterocycles. The third-order valence-electron chi connectivity index (χ3n) is 2.82. The summed E-state index contributed by atoms with van der Waals surface area (Å²) in [5, 5.41) is 19.6. The van der Waals surface area contributed by atoms with Gasteiger partial charge < -0.3 is 15.0 Å². The van der Waals surface area contributed by atoms with E-state index >= 15 is 0 Å². The number of hydrogen-bond acceptors (Lipinski definition) is 3. The fraction of sp³-hybridized carbons (Fsp3) is 0.923. The van der Waals surface area contributed by atoms with Crippen molar-refractivity contribution in [3.63, 3.8) is 0 Å². The molecule has 0 rings (SSSR count). The minimum atomic E-state index is -1.07. The second-order valence-electron chi connectivity index (χ2n) is 4.47. The van der Waals surface area contributed by atoms with Crippen molar-refractivity contribution in [2.75, 3.05) is 0 Å². The first-order valence-corrected chi connectivity index (χ1v) is 6.54. The van der Waals surface area contributed by atoms with Gasteiger partial charge in [-0.1, -0.05) is 51.9 Å². The van der Waals surface area contributed by atoms with E-state index in [1.54, 1.807) is 0 Å². The number of unbranched alkanes of at least 4 members (excludes halogenated alkanes) is 6. The van der Waals surface area contributed by atoms with Crippen LogP contribution in [0.3, 0.4) is 0 Å². The van der Waals surface area contributed by atoms with E-state index in [1.807, 2.05) is 0 Å². The maximum atomic E-state index is 10.2. The summed E-state index contributed by atoms with van der Waals surface area (Å²) in [6.07, 6.45) is 9.10. The van der Waals surface area contributed by atoms with Gasteiger partial charge in [-0.2, -0.15) is 0 Å². The molecule has 1 atom stereocenters. The zero-order valence-corrected chi connectivity index (χ0v) is 13.4. The smallest absolute Gasteiger partial charge is 0.550 e. The van der Waals surface area contributed by atoms with E-state index in [0.717, 1.165) is 19.3 Å². The standard InChI is InChI=1S/C13H26O3.Na/c1-2-3-4-5-6-7-8-9-12(14)10-11-13(15)16;/h12,14H,2-11H2,1H3,(H,15,16);/q;+1/p-1. The van der Waals surface area contributed by atoms with E-state index in [0.29, 0.717) is 6.42 Å². The topological polar surface area (TPSA) is 60.4 Å². The summed E-state index contributed by atoms with van der Waals surface area (Å²) in [6.45, 7) is 2.20. The molecule has 0 aromatic heterocycles. The number of aliphatic hydroxyl groups is 1. The number of aliphatic hydroxyl groups excluding tert-OH is 1. The Morgan fingerprint density at radius 2 is 1.59 bits per heavy atom. The Balaban J connectivity index is 0. The second kappa shape index (κ2) is 14.5.